The number of hydrogen-bond acceptors (Lipinski definition) is 5. The van der Waals surface area contributed by atoms with E-state index in [9.17, 15) is 5.11 Å². The van der Waals surface area contributed by atoms with Gasteiger partial charge < -0.3 is 14.4 Å². The van der Waals surface area contributed by atoms with Crippen LogP contribution in [0.25, 0.3) is 0 Å². The van der Waals surface area contributed by atoms with Gasteiger partial charge in [0.2, 0.25) is 5.89 Å². The average Bonchev–Trinajstić information content (AvgIpc) is 2.65. The summed E-state index contributed by atoms with van der Waals surface area (Å²) in [5.74, 6) is 1.31. The second-order valence-corrected chi connectivity index (χ2v) is 4.51. The number of hydrogen-bond donors (Lipinski definition) is 1. The van der Waals surface area contributed by atoms with Gasteiger partial charge in [0, 0.05) is 13.0 Å². The van der Waals surface area contributed by atoms with Crippen LogP contribution in [-0.4, -0.2) is 34.6 Å². The molecule has 98 valence electrons. The highest BCUT2D eigenvalue weighted by Crippen LogP contribution is 2.26. The van der Waals surface area contributed by atoms with Gasteiger partial charge in [-0.05, 0) is 19.8 Å². The Morgan fingerprint density at radius 2 is 2.06 bits per heavy atom. The van der Waals surface area contributed by atoms with Crippen LogP contribution >= 0.6 is 0 Å². The van der Waals surface area contributed by atoms with Crippen molar-refractivity contribution in [3.63, 3.8) is 0 Å². The molecule has 0 aliphatic carbocycles. The lowest BCUT2D eigenvalue weighted by atomic mass is 9.91. The molecular formula is C12H22N2O3. The van der Waals surface area contributed by atoms with E-state index < -0.39 is 6.10 Å². The van der Waals surface area contributed by atoms with Gasteiger partial charge in [-0.1, -0.05) is 19.0 Å². The van der Waals surface area contributed by atoms with Gasteiger partial charge in [-0.3, -0.25) is 0 Å². The van der Waals surface area contributed by atoms with Crippen molar-refractivity contribution in [3.05, 3.63) is 11.7 Å². The summed E-state index contributed by atoms with van der Waals surface area (Å²) in [4.78, 5) is 4.31. The lowest BCUT2D eigenvalue weighted by molar-refractivity contribution is 0.120. The molecular weight excluding hydrogens is 220 g/mol. The summed E-state index contributed by atoms with van der Waals surface area (Å²) in [6.07, 6.45) is 0.150. The summed E-state index contributed by atoms with van der Waals surface area (Å²) in [6.45, 7) is 9.03. The molecule has 1 rings (SSSR count). The van der Waals surface area contributed by atoms with Gasteiger partial charge in [0.15, 0.2) is 5.82 Å². The van der Waals surface area contributed by atoms with Crippen molar-refractivity contribution < 1.29 is 14.4 Å². The van der Waals surface area contributed by atoms with E-state index >= 15 is 0 Å². The van der Waals surface area contributed by atoms with Crippen LogP contribution in [0.4, 0.5) is 0 Å². The zero-order chi connectivity index (χ0) is 12.8. The predicted molar refractivity (Wildman–Crippen MR) is 63.8 cm³/mol. The molecule has 5 nitrogen and oxygen atoms in total. The maximum atomic E-state index is 9.71. The van der Waals surface area contributed by atoms with Crippen molar-refractivity contribution in [1.82, 2.24) is 10.1 Å². The summed E-state index contributed by atoms with van der Waals surface area (Å²) >= 11 is 0. The van der Waals surface area contributed by atoms with Crippen LogP contribution in [0.3, 0.4) is 0 Å². The molecule has 17 heavy (non-hydrogen) atoms. The first-order valence-corrected chi connectivity index (χ1v) is 6.14. The Morgan fingerprint density at radius 3 is 2.59 bits per heavy atom. The Kier molecular flexibility index (Phi) is 5.58. The summed E-state index contributed by atoms with van der Waals surface area (Å²) < 4.78 is 10.4. The standard InChI is InChI=1S/C12H22N2O3/c1-5-16-7-6-10-13-12(17-14-10)11(8(2)3)9(4)15/h8-9,11,15H,5-7H2,1-4H3. The monoisotopic (exact) mass is 242 g/mol. The van der Waals surface area contributed by atoms with E-state index in [0.29, 0.717) is 31.3 Å². The molecule has 0 radical (unpaired) electrons. The molecule has 1 aromatic rings. The van der Waals surface area contributed by atoms with E-state index in [-0.39, 0.29) is 11.8 Å². The molecule has 0 saturated carbocycles. The molecule has 0 saturated heterocycles. The van der Waals surface area contributed by atoms with Crippen molar-refractivity contribution in [3.8, 4) is 0 Å². The van der Waals surface area contributed by atoms with Crippen LogP contribution < -0.4 is 0 Å². The third-order valence-electron chi connectivity index (χ3n) is 2.68. The Bertz CT molecular complexity index is 315. The Labute approximate surface area is 102 Å². The number of aliphatic hydroxyl groups excluding tert-OH is 1. The summed E-state index contributed by atoms with van der Waals surface area (Å²) in [7, 11) is 0. The van der Waals surface area contributed by atoms with Gasteiger partial charge in [0.1, 0.15) is 0 Å². The fraction of sp³-hybridized carbons (Fsp3) is 0.833. The van der Waals surface area contributed by atoms with Crippen LogP contribution in [-0.2, 0) is 11.2 Å². The second kappa shape index (κ2) is 6.71. The smallest absolute Gasteiger partial charge is 0.232 e. The maximum absolute atomic E-state index is 9.71. The van der Waals surface area contributed by atoms with E-state index in [0.717, 1.165) is 0 Å². The SMILES string of the molecule is CCOCCc1noc(C(C(C)C)C(C)O)n1. The molecule has 0 aliphatic heterocycles. The fourth-order valence-corrected chi connectivity index (χ4v) is 1.86. The molecule has 2 unspecified atom stereocenters. The molecule has 0 aliphatic rings. The van der Waals surface area contributed by atoms with E-state index in [1.807, 2.05) is 20.8 Å². The van der Waals surface area contributed by atoms with Crippen LogP contribution in [0.5, 0.6) is 0 Å². The Hall–Kier alpha value is -0.940. The number of rotatable bonds is 7. The average molecular weight is 242 g/mol. The highest BCUT2D eigenvalue weighted by molar-refractivity contribution is 4.98. The van der Waals surface area contributed by atoms with Crippen molar-refractivity contribution >= 4 is 0 Å². The lowest BCUT2D eigenvalue weighted by Crippen LogP contribution is -2.20. The molecule has 2 atom stereocenters. The summed E-state index contributed by atoms with van der Waals surface area (Å²) in [5.41, 5.74) is 0. The van der Waals surface area contributed by atoms with Gasteiger partial charge >= 0.3 is 0 Å². The third-order valence-corrected chi connectivity index (χ3v) is 2.68. The minimum Gasteiger partial charge on any atom is -0.393 e. The molecule has 0 bridgehead atoms. The van der Waals surface area contributed by atoms with E-state index in [1.54, 1.807) is 6.92 Å². The van der Waals surface area contributed by atoms with Gasteiger partial charge in [-0.15, -0.1) is 0 Å². The number of aromatic nitrogens is 2. The zero-order valence-electron chi connectivity index (χ0n) is 11.0. The highest BCUT2D eigenvalue weighted by Gasteiger charge is 2.26. The lowest BCUT2D eigenvalue weighted by Gasteiger charge is -2.19. The molecule has 1 heterocycles. The summed E-state index contributed by atoms with van der Waals surface area (Å²) in [5, 5.41) is 13.6. The third kappa shape index (κ3) is 4.09. The van der Waals surface area contributed by atoms with Gasteiger partial charge in [-0.25, -0.2) is 0 Å². The molecule has 1 aromatic heterocycles. The van der Waals surface area contributed by atoms with Crippen LogP contribution in [0.1, 0.15) is 45.3 Å². The quantitative estimate of drug-likeness (QED) is 0.738. The molecule has 5 heteroatoms. The maximum Gasteiger partial charge on any atom is 0.232 e. The Balaban J connectivity index is 2.65. The molecule has 0 aromatic carbocycles. The molecule has 1 N–H and O–H groups in total. The first-order chi connectivity index (χ1) is 8.06. The van der Waals surface area contributed by atoms with Crippen molar-refractivity contribution in [2.75, 3.05) is 13.2 Å². The minimum atomic E-state index is -0.491. The number of nitrogens with zero attached hydrogens (tertiary/aromatic N) is 2. The minimum absolute atomic E-state index is 0.108. The number of aliphatic hydroxyl groups is 1. The van der Waals surface area contributed by atoms with Crippen molar-refractivity contribution in [2.24, 2.45) is 5.92 Å². The second-order valence-electron chi connectivity index (χ2n) is 4.51. The molecule has 0 spiro atoms. The molecule has 0 fully saturated rings. The first kappa shape index (κ1) is 14.1. The van der Waals surface area contributed by atoms with Crippen LogP contribution in [0, 0.1) is 5.92 Å². The predicted octanol–water partition coefficient (Wildman–Crippen LogP) is 1.77. The summed E-state index contributed by atoms with van der Waals surface area (Å²) in [6, 6.07) is 0. The normalized spacial score (nSPS) is 15.2. The van der Waals surface area contributed by atoms with Crippen LogP contribution in [0.2, 0.25) is 0 Å². The fourth-order valence-electron chi connectivity index (χ4n) is 1.86. The highest BCUT2D eigenvalue weighted by atomic mass is 16.5. The van der Waals surface area contributed by atoms with Crippen LogP contribution in [0.15, 0.2) is 4.52 Å². The van der Waals surface area contributed by atoms with Gasteiger partial charge in [0.05, 0.1) is 18.6 Å². The first-order valence-electron chi connectivity index (χ1n) is 6.14. The van der Waals surface area contributed by atoms with Crippen molar-refractivity contribution in [2.45, 2.75) is 46.1 Å². The largest absolute Gasteiger partial charge is 0.393 e. The zero-order valence-corrected chi connectivity index (χ0v) is 11.0. The van der Waals surface area contributed by atoms with Crippen molar-refractivity contribution in [1.29, 1.82) is 0 Å². The number of ether oxygens (including phenoxy) is 1. The van der Waals surface area contributed by atoms with E-state index in [1.165, 1.54) is 0 Å². The topological polar surface area (TPSA) is 68.4 Å². The van der Waals surface area contributed by atoms with E-state index in [2.05, 4.69) is 10.1 Å². The van der Waals surface area contributed by atoms with E-state index in [4.69, 9.17) is 9.26 Å². The van der Waals surface area contributed by atoms with Gasteiger partial charge in [-0.2, -0.15) is 4.98 Å². The van der Waals surface area contributed by atoms with Gasteiger partial charge in [0.25, 0.3) is 0 Å². The molecule has 0 amide bonds. The Morgan fingerprint density at radius 1 is 1.35 bits per heavy atom.